The average Bonchev–Trinajstić information content (AvgIpc) is 3.02. The molecular formula is C16H11N3O2. The van der Waals surface area contributed by atoms with E-state index < -0.39 is 0 Å². The number of aromatic nitrogens is 2. The second-order valence-corrected chi connectivity index (χ2v) is 5.01. The third-order valence-electron chi connectivity index (χ3n) is 3.75. The number of hydrogen-bond donors (Lipinski definition) is 1. The van der Waals surface area contributed by atoms with Crippen LogP contribution in [0, 0.1) is 0 Å². The fourth-order valence-electron chi connectivity index (χ4n) is 2.77. The van der Waals surface area contributed by atoms with Gasteiger partial charge in [-0.25, -0.2) is 0 Å². The van der Waals surface area contributed by atoms with Crippen molar-refractivity contribution in [3.63, 3.8) is 0 Å². The highest BCUT2D eigenvalue weighted by Gasteiger charge is 2.32. The monoisotopic (exact) mass is 277 g/mol. The molecule has 0 bridgehead atoms. The Labute approximate surface area is 120 Å². The fourth-order valence-corrected chi connectivity index (χ4v) is 2.77. The number of hydrogen-bond acceptors (Lipinski definition) is 3. The fraction of sp³-hybridized carbons (Fsp3) is 0.0625. The molecule has 5 heteroatoms. The van der Waals surface area contributed by atoms with Crippen molar-refractivity contribution in [2.24, 2.45) is 0 Å². The Kier molecular flexibility index (Phi) is 2.41. The molecule has 4 rings (SSSR count). The number of carbonyl (C=O) groups is 2. The second-order valence-electron chi connectivity index (χ2n) is 5.01. The number of benzene rings is 2. The Morgan fingerprint density at radius 3 is 2.24 bits per heavy atom. The molecule has 0 saturated carbocycles. The van der Waals surface area contributed by atoms with Gasteiger partial charge in [0.05, 0.1) is 12.7 Å². The number of nitrogens with one attached hydrogen (secondary N) is 1. The highest BCUT2D eigenvalue weighted by atomic mass is 16.2. The summed E-state index contributed by atoms with van der Waals surface area (Å²) in [6, 6.07) is 11.0. The third kappa shape index (κ3) is 1.67. The van der Waals surface area contributed by atoms with Crippen LogP contribution in [0.1, 0.15) is 26.3 Å². The van der Waals surface area contributed by atoms with Gasteiger partial charge in [0.25, 0.3) is 11.8 Å². The second kappa shape index (κ2) is 4.28. The molecule has 102 valence electrons. The first-order chi connectivity index (χ1) is 10.3. The number of carbonyl (C=O) groups excluding carboxylic acids is 2. The lowest BCUT2D eigenvalue weighted by Gasteiger charge is -2.26. The maximum atomic E-state index is 12.6. The van der Waals surface area contributed by atoms with Gasteiger partial charge in [0.2, 0.25) is 0 Å². The van der Waals surface area contributed by atoms with Gasteiger partial charge < -0.3 is 0 Å². The van der Waals surface area contributed by atoms with Crippen LogP contribution in [0.25, 0.3) is 10.8 Å². The van der Waals surface area contributed by atoms with Crippen molar-refractivity contribution in [2.75, 3.05) is 0 Å². The van der Waals surface area contributed by atoms with Crippen LogP contribution in [0.2, 0.25) is 0 Å². The van der Waals surface area contributed by atoms with Crippen LogP contribution in [0.5, 0.6) is 0 Å². The van der Waals surface area contributed by atoms with Gasteiger partial charge in [-0.05, 0) is 17.5 Å². The minimum atomic E-state index is -0.259. The molecule has 0 radical (unpaired) electrons. The van der Waals surface area contributed by atoms with E-state index in [0.29, 0.717) is 11.1 Å². The van der Waals surface area contributed by atoms with Gasteiger partial charge in [-0.15, -0.1) is 0 Å². The average molecular weight is 277 g/mol. The Hall–Kier alpha value is -2.95. The topological polar surface area (TPSA) is 66.1 Å². The molecule has 2 heterocycles. The highest BCUT2D eigenvalue weighted by molar-refractivity contribution is 6.25. The number of amides is 2. The molecule has 1 aromatic heterocycles. The molecule has 2 amide bonds. The van der Waals surface area contributed by atoms with E-state index >= 15 is 0 Å². The molecule has 1 aliphatic rings. The van der Waals surface area contributed by atoms with E-state index in [0.717, 1.165) is 16.3 Å². The number of aromatic amines is 1. The summed E-state index contributed by atoms with van der Waals surface area (Å²) >= 11 is 0. The Morgan fingerprint density at radius 2 is 1.67 bits per heavy atom. The predicted molar refractivity (Wildman–Crippen MR) is 76.7 cm³/mol. The van der Waals surface area contributed by atoms with Gasteiger partial charge in [-0.3, -0.25) is 19.6 Å². The first-order valence-corrected chi connectivity index (χ1v) is 6.61. The summed E-state index contributed by atoms with van der Waals surface area (Å²) in [7, 11) is 0. The minimum absolute atomic E-state index is 0.221. The lowest BCUT2D eigenvalue weighted by atomic mass is 9.94. The lowest BCUT2D eigenvalue weighted by Crippen LogP contribution is -2.39. The molecule has 21 heavy (non-hydrogen) atoms. The summed E-state index contributed by atoms with van der Waals surface area (Å²) < 4.78 is 0. The van der Waals surface area contributed by atoms with Gasteiger partial charge >= 0.3 is 0 Å². The Bertz CT molecular complexity index is 818. The summed E-state index contributed by atoms with van der Waals surface area (Å²) in [6.45, 7) is 0.221. The number of nitrogens with zero attached hydrogens (tertiary/aromatic N) is 2. The minimum Gasteiger partial charge on any atom is -0.285 e. The summed E-state index contributed by atoms with van der Waals surface area (Å²) in [5, 5.41) is 8.20. The molecule has 0 atom stereocenters. The molecule has 0 saturated heterocycles. The van der Waals surface area contributed by atoms with Crippen molar-refractivity contribution in [1.29, 1.82) is 0 Å². The summed E-state index contributed by atoms with van der Waals surface area (Å²) in [5.41, 5.74) is 1.95. The molecule has 0 fully saturated rings. The number of H-pyrrole nitrogens is 1. The maximum absolute atomic E-state index is 12.6. The lowest BCUT2D eigenvalue weighted by molar-refractivity contribution is 0.0598. The number of imide groups is 1. The first-order valence-electron chi connectivity index (χ1n) is 6.61. The zero-order valence-corrected chi connectivity index (χ0v) is 11.0. The number of rotatable bonds is 2. The first kappa shape index (κ1) is 11.8. The van der Waals surface area contributed by atoms with E-state index in [2.05, 4.69) is 10.2 Å². The van der Waals surface area contributed by atoms with Gasteiger partial charge in [0, 0.05) is 28.3 Å². The Balaban J connectivity index is 1.89. The highest BCUT2D eigenvalue weighted by Crippen LogP contribution is 2.30. The summed E-state index contributed by atoms with van der Waals surface area (Å²) in [6.07, 6.45) is 3.29. The van der Waals surface area contributed by atoms with Crippen molar-refractivity contribution in [3.8, 4) is 0 Å². The molecule has 1 aliphatic heterocycles. The van der Waals surface area contributed by atoms with Crippen LogP contribution in [-0.2, 0) is 6.54 Å². The van der Waals surface area contributed by atoms with Crippen molar-refractivity contribution >= 4 is 22.6 Å². The third-order valence-corrected chi connectivity index (χ3v) is 3.75. The molecule has 2 aromatic carbocycles. The van der Waals surface area contributed by atoms with Crippen molar-refractivity contribution in [3.05, 3.63) is 65.5 Å². The van der Waals surface area contributed by atoms with Crippen LogP contribution < -0.4 is 0 Å². The molecule has 5 nitrogen and oxygen atoms in total. The van der Waals surface area contributed by atoms with E-state index in [-0.39, 0.29) is 18.4 Å². The van der Waals surface area contributed by atoms with Gasteiger partial charge in [0.15, 0.2) is 0 Å². The van der Waals surface area contributed by atoms with E-state index in [1.54, 1.807) is 24.5 Å². The van der Waals surface area contributed by atoms with E-state index in [4.69, 9.17) is 0 Å². The smallest absolute Gasteiger partial charge is 0.261 e. The van der Waals surface area contributed by atoms with Gasteiger partial charge in [-0.2, -0.15) is 5.10 Å². The SMILES string of the molecule is O=C1c2cccc3cccc(c23)C(=O)N1Cc1cn[nH]c1. The van der Waals surface area contributed by atoms with E-state index in [1.807, 2.05) is 24.3 Å². The van der Waals surface area contributed by atoms with Crippen molar-refractivity contribution in [2.45, 2.75) is 6.54 Å². The zero-order valence-electron chi connectivity index (χ0n) is 11.0. The quantitative estimate of drug-likeness (QED) is 0.731. The standard InChI is InChI=1S/C16H11N3O2/c20-15-12-5-1-3-11-4-2-6-13(14(11)12)16(21)19(15)9-10-7-17-18-8-10/h1-8H,9H2,(H,17,18). The molecular weight excluding hydrogens is 266 g/mol. The molecule has 0 spiro atoms. The van der Waals surface area contributed by atoms with Crippen LogP contribution in [0.4, 0.5) is 0 Å². The summed E-state index contributed by atoms with van der Waals surface area (Å²) in [5.74, 6) is -0.518. The molecule has 0 aliphatic carbocycles. The normalized spacial score (nSPS) is 14.0. The zero-order chi connectivity index (χ0) is 14.4. The largest absolute Gasteiger partial charge is 0.285 e. The van der Waals surface area contributed by atoms with E-state index in [1.165, 1.54) is 4.90 Å². The maximum Gasteiger partial charge on any atom is 0.261 e. The molecule has 3 aromatic rings. The molecule has 0 unspecified atom stereocenters. The van der Waals surface area contributed by atoms with Crippen LogP contribution in [0.3, 0.4) is 0 Å². The van der Waals surface area contributed by atoms with Crippen LogP contribution in [0.15, 0.2) is 48.8 Å². The Morgan fingerprint density at radius 1 is 1.00 bits per heavy atom. The molecule has 1 N–H and O–H groups in total. The van der Waals surface area contributed by atoms with Gasteiger partial charge in [-0.1, -0.05) is 24.3 Å². The van der Waals surface area contributed by atoms with Crippen molar-refractivity contribution < 1.29 is 9.59 Å². The van der Waals surface area contributed by atoms with Crippen LogP contribution in [-0.4, -0.2) is 26.9 Å². The summed E-state index contributed by atoms with van der Waals surface area (Å²) in [4.78, 5) is 26.5. The van der Waals surface area contributed by atoms with Crippen LogP contribution >= 0.6 is 0 Å². The predicted octanol–water partition coefficient (Wildman–Crippen LogP) is 2.36. The van der Waals surface area contributed by atoms with Gasteiger partial charge in [0.1, 0.15) is 0 Å². The van der Waals surface area contributed by atoms with E-state index in [9.17, 15) is 9.59 Å². The van der Waals surface area contributed by atoms with Crippen molar-refractivity contribution in [1.82, 2.24) is 15.1 Å².